The van der Waals surface area contributed by atoms with Crippen LogP contribution >= 0.6 is 0 Å². The van der Waals surface area contributed by atoms with E-state index in [2.05, 4.69) is 0 Å². The van der Waals surface area contributed by atoms with Crippen LogP contribution in [0, 0.1) is 10.1 Å². The lowest BCUT2D eigenvalue weighted by Crippen LogP contribution is -2.23. The minimum atomic E-state index is -0.588. The van der Waals surface area contributed by atoms with E-state index >= 15 is 0 Å². The Morgan fingerprint density at radius 1 is 1.39 bits per heavy atom. The molecule has 3 rings (SSSR count). The van der Waals surface area contributed by atoms with Gasteiger partial charge in [-0.15, -0.1) is 0 Å². The molecule has 6 heteroatoms. The highest BCUT2D eigenvalue weighted by molar-refractivity contribution is 5.94. The summed E-state index contributed by atoms with van der Waals surface area (Å²) in [5.74, 6) is -0.159. The molecule has 1 aromatic carbocycles. The minimum Gasteiger partial charge on any atom is -0.457 e. The van der Waals surface area contributed by atoms with Crippen LogP contribution in [0.15, 0.2) is 35.6 Å². The fourth-order valence-corrected chi connectivity index (χ4v) is 2.31. The first kappa shape index (κ1) is 10.8. The van der Waals surface area contributed by atoms with Gasteiger partial charge in [0.2, 0.25) is 6.54 Å². The highest BCUT2D eigenvalue weighted by atomic mass is 16.6. The van der Waals surface area contributed by atoms with Crippen LogP contribution in [0.5, 0.6) is 5.75 Å². The zero-order valence-corrected chi connectivity index (χ0v) is 9.29. The van der Waals surface area contributed by atoms with Gasteiger partial charge in [-0.3, -0.25) is 10.1 Å². The number of hydrogen-bond donors (Lipinski definition) is 0. The Morgan fingerprint density at radius 2 is 2.17 bits per heavy atom. The second-order valence-corrected chi connectivity index (χ2v) is 4.12. The van der Waals surface area contributed by atoms with E-state index in [9.17, 15) is 14.9 Å². The molecule has 6 nitrogen and oxygen atoms in total. The molecule has 0 N–H and O–H groups in total. The largest absolute Gasteiger partial charge is 0.457 e. The number of carbonyl (C=O) groups is 1. The number of hydrogen-bond acceptors (Lipinski definition) is 5. The Bertz CT molecular complexity index is 578. The Hall–Kier alpha value is -2.37. The maximum absolute atomic E-state index is 11.6. The second kappa shape index (κ2) is 3.83. The first-order chi connectivity index (χ1) is 8.66. The fourth-order valence-electron chi connectivity index (χ4n) is 2.31. The van der Waals surface area contributed by atoms with Crippen molar-refractivity contribution in [2.24, 2.45) is 0 Å². The fraction of sp³-hybridized carbons (Fsp3) is 0.250. The molecule has 2 aliphatic heterocycles. The monoisotopic (exact) mass is 247 g/mol. The van der Waals surface area contributed by atoms with Gasteiger partial charge in [0.15, 0.2) is 5.76 Å². The van der Waals surface area contributed by atoms with Crippen molar-refractivity contribution in [2.45, 2.75) is 5.92 Å². The van der Waals surface area contributed by atoms with Gasteiger partial charge in [0, 0.05) is 10.5 Å². The summed E-state index contributed by atoms with van der Waals surface area (Å²) in [6.45, 7) is -0.287. The van der Waals surface area contributed by atoms with E-state index in [1.54, 1.807) is 24.3 Å². The lowest BCUT2D eigenvalue weighted by Gasteiger charge is -2.22. The van der Waals surface area contributed by atoms with Crippen LogP contribution in [-0.2, 0) is 9.53 Å². The van der Waals surface area contributed by atoms with Gasteiger partial charge in [0.25, 0.3) is 0 Å². The number of esters is 1. The molecule has 0 saturated carbocycles. The number of nitro groups is 1. The second-order valence-electron chi connectivity index (χ2n) is 4.12. The number of rotatable bonds is 2. The van der Waals surface area contributed by atoms with Crippen LogP contribution in [0.1, 0.15) is 11.5 Å². The molecule has 0 amide bonds. The van der Waals surface area contributed by atoms with E-state index in [-0.39, 0.29) is 18.7 Å². The SMILES string of the molecule is O=C1OCC2=C1[C@H](C[N+](=O)[O-])c1ccccc1O2. The highest BCUT2D eigenvalue weighted by Crippen LogP contribution is 2.41. The summed E-state index contributed by atoms with van der Waals surface area (Å²) in [6.07, 6.45) is 0. The summed E-state index contributed by atoms with van der Waals surface area (Å²) in [5, 5.41) is 10.8. The third-order valence-corrected chi connectivity index (χ3v) is 3.06. The molecule has 0 aromatic heterocycles. The van der Waals surface area contributed by atoms with E-state index < -0.39 is 16.8 Å². The molecule has 18 heavy (non-hydrogen) atoms. The molecule has 0 aliphatic carbocycles. The van der Waals surface area contributed by atoms with Gasteiger partial charge in [-0.05, 0) is 6.07 Å². The molecule has 0 spiro atoms. The Labute approximate surface area is 102 Å². The van der Waals surface area contributed by atoms with Crippen LogP contribution in [0.25, 0.3) is 0 Å². The van der Waals surface area contributed by atoms with Crippen molar-refractivity contribution in [3.8, 4) is 5.75 Å². The molecule has 0 saturated heterocycles. The number of cyclic esters (lactones) is 1. The van der Waals surface area contributed by atoms with Gasteiger partial charge in [-0.25, -0.2) is 4.79 Å². The van der Waals surface area contributed by atoms with Crippen molar-refractivity contribution in [3.63, 3.8) is 0 Å². The van der Waals surface area contributed by atoms with E-state index in [1.165, 1.54) is 0 Å². The number of fused-ring (bicyclic) bond motifs is 1. The van der Waals surface area contributed by atoms with Crippen LogP contribution in [0.3, 0.4) is 0 Å². The molecule has 0 fully saturated rings. The van der Waals surface area contributed by atoms with Crippen molar-refractivity contribution >= 4 is 5.97 Å². The van der Waals surface area contributed by atoms with Gasteiger partial charge < -0.3 is 9.47 Å². The Morgan fingerprint density at radius 3 is 2.94 bits per heavy atom. The number of nitrogens with zero attached hydrogens (tertiary/aromatic N) is 1. The summed E-state index contributed by atoms with van der Waals surface area (Å²) >= 11 is 0. The summed E-state index contributed by atoms with van der Waals surface area (Å²) < 4.78 is 10.4. The summed E-state index contributed by atoms with van der Waals surface area (Å²) in [6, 6.07) is 7.01. The predicted molar refractivity (Wildman–Crippen MR) is 59.7 cm³/mol. The Kier molecular flexibility index (Phi) is 2.29. The highest BCUT2D eigenvalue weighted by Gasteiger charge is 2.41. The predicted octanol–water partition coefficient (Wildman–Crippen LogP) is 1.25. The molecule has 0 radical (unpaired) electrons. The maximum atomic E-state index is 11.6. The number of benzene rings is 1. The lowest BCUT2D eigenvalue weighted by atomic mass is 9.88. The molecule has 1 aromatic rings. The molecule has 0 unspecified atom stereocenters. The zero-order chi connectivity index (χ0) is 12.7. The van der Waals surface area contributed by atoms with E-state index in [0.717, 1.165) is 0 Å². The van der Waals surface area contributed by atoms with Crippen molar-refractivity contribution < 1.29 is 19.2 Å². The minimum absolute atomic E-state index is 0.0523. The van der Waals surface area contributed by atoms with E-state index in [1.807, 2.05) is 0 Å². The van der Waals surface area contributed by atoms with Crippen LogP contribution in [0.2, 0.25) is 0 Å². The van der Waals surface area contributed by atoms with E-state index in [0.29, 0.717) is 17.1 Å². The summed E-state index contributed by atoms with van der Waals surface area (Å²) in [7, 11) is 0. The van der Waals surface area contributed by atoms with Gasteiger partial charge in [0.05, 0.1) is 11.5 Å². The molecular formula is C12H9NO5. The average molecular weight is 247 g/mol. The van der Waals surface area contributed by atoms with Crippen LogP contribution < -0.4 is 4.74 Å². The number of para-hydroxylation sites is 1. The molecular weight excluding hydrogens is 238 g/mol. The standard InChI is InChI=1S/C12H9NO5/c14-12-11-8(5-13(15)16)7-3-1-2-4-9(7)18-10(11)6-17-12/h1-4,8H,5-6H2/t8-/m1/s1. The Balaban J connectivity index is 2.10. The van der Waals surface area contributed by atoms with Crippen molar-refractivity contribution in [3.05, 3.63) is 51.3 Å². The normalized spacial score (nSPS) is 20.9. The first-order valence-corrected chi connectivity index (χ1v) is 5.45. The average Bonchev–Trinajstić information content (AvgIpc) is 2.70. The third-order valence-electron chi connectivity index (χ3n) is 3.06. The van der Waals surface area contributed by atoms with Crippen molar-refractivity contribution in [1.29, 1.82) is 0 Å². The van der Waals surface area contributed by atoms with E-state index in [4.69, 9.17) is 9.47 Å². The number of carbonyl (C=O) groups excluding carboxylic acids is 1. The van der Waals surface area contributed by atoms with Gasteiger partial charge in [-0.2, -0.15) is 0 Å². The van der Waals surface area contributed by atoms with Crippen molar-refractivity contribution in [2.75, 3.05) is 13.2 Å². The van der Waals surface area contributed by atoms with Gasteiger partial charge >= 0.3 is 5.97 Å². The smallest absolute Gasteiger partial charge is 0.338 e. The topological polar surface area (TPSA) is 78.7 Å². The quantitative estimate of drug-likeness (QED) is 0.446. The third kappa shape index (κ3) is 1.54. The van der Waals surface area contributed by atoms with Crippen molar-refractivity contribution in [1.82, 2.24) is 0 Å². The molecule has 92 valence electrons. The molecule has 2 heterocycles. The van der Waals surface area contributed by atoms with Crippen LogP contribution in [-0.4, -0.2) is 24.0 Å². The maximum Gasteiger partial charge on any atom is 0.338 e. The zero-order valence-electron chi connectivity index (χ0n) is 9.29. The summed E-state index contributed by atoms with van der Waals surface area (Å²) in [5.41, 5.74) is 0.942. The molecule has 0 bridgehead atoms. The lowest BCUT2D eigenvalue weighted by molar-refractivity contribution is -0.482. The molecule has 2 aliphatic rings. The van der Waals surface area contributed by atoms with Gasteiger partial charge in [0.1, 0.15) is 12.4 Å². The number of ether oxygens (including phenoxy) is 2. The van der Waals surface area contributed by atoms with Gasteiger partial charge in [-0.1, -0.05) is 18.2 Å². The first-order valence-electron chi connectivity index (χ1n) is 5.45. The molecule has 1 atom stereocenters. The van der Waals surface area contributed by atoms with Crippen LogP contribution in [0.4, 0.5) is 0 Å². The summed E-state index contributed by atoms with van der Waals surface area (Å²) in [4.78, 5) is 22.0.